The third-order valence-electron chi connectivity index (χ3n) is 3.34. The number of aliphatic hydroxyl groups excluding tert-OH is 1. The Bertz CT molecular complexity index is 488. The maximum atomic E-state index is 13.0. The van der Waals surface area contributed by atoms with Crippen molar-refractivity contribution < 1.29 is 14.3 Å². The fourth-order valence-corrected chi connectivity index (χ4v) is 2.86. The molecule has 1 aromatic rings. The Balaban J connectivity index is 1.98. The van der Waals surface area contributed by atoms with Crippen molar-refractivity contribution >= 4 is 21.8 Å². The van der Waals surface area contributed by atoms with Crippen LogP contribution < -0.4 is 0 Å². The van der Waals surface area contributed by atoms with E-state index in [1.165, 1.54) is 18.2 Å². The summed E-state index contributed by atoms with van der Waals surface area (Å²) in [7, 11) is 0. The van der Waals surface area contributed by atoms with E-state index in [0.29, 0.717) is 29.7 Å². The summed E-state index contributed by atoms with van der Waals surface area (Å²) in [4.78, 5) is 16.3. The van der Waals surface area contributed by atoms with Crippen molar-refractivity contribution in [3.8, 4) is 0 Å². The summed E-state index contributed by atoms with van der Waals surface area (Å²) in [5.74, 6) is -0.455. The van der Waals surface area contributed by atoms with Gasteiger partial charge < -0.3 is 10.0 Å². The third-order valence-corrected chi connectivity index (χ3v) is 4.00. The topological polar surface area (TPSA) is 43.8 Å². The highest BCUT2D eigenvalue weighted by Gasteiger charge is 2.23. The molecule has 1 N–H and O–H groups in total. The van der Waals surface area contributed by atoms with Gasteiger partial charge in [-0.05, 0) is 41.1 Å². The molecule has 0 saturated carbocycles. The normalized spacial score (nSPS) is 18.1. The van der Waals surface area contributed by atoms with E-state index in [9.17, 15) is 14.3 Å². The number of β-amino-alcohol motifs (C(OH)–C–C–N with tert-alkyl or cyclic N) is 1. The second-order valence-electron chi connectivity index (χ2n) is 5.07. The van der Waals surface area contributed by atoms with Gasteiger partial charge in [0.2, 0.25) is 0 Å². The van der Waals surface area contributed by atoms with E-state index in [0.717, 1.165) is 13.1 Å². The summed E-state index contributed by atoms with van der Waals surface area (Å²) in [6, 6.07) is 4.10. The Hall–Kier alpha value is -0.980. The van der Waals surface area contributed by atoms with Crippen LogP contribution >= 0.6 is 15.9 Å². The lowest BCUT2D eigenvalue weighted by atomic mass is 10.1. The first-order valence-electron chi connectivity index (χ1n) is 6.62. The van der Waals surface area contributed by atoms with Crippen LogP contribution in [0.1, 0.15) is 17.3 Å². The minimum Gasteiger partial charge on any atom is -0.392 e. The van der Waals surface area contributed by atoms with E-state index in [4.69, 9.17) is 0 Å². The number of nitrogens with zero attached hydrogens (tertiary/aromatic N) is 2. The van der Waals surface area contributed by atoms with Gasteiger partial charge in [-0.15, -0.1) is 0 Å². The van der Waals surface area contributed by atoms with Crippen LogP contribution in [-0.2, 0) is 0 Å². The predicted octanol–water partition coefficient (Wildman–Crippen LogP) is 1.73. The highest BCUT2D eigenvalue weighted by molar-refractivity contribution is 9.10. The van der Waals surface area contributed by atoms with Crippen molar-refractivity contribution in [2.75, 3.05) is 32.7 Å². The van der Waals surface area contributed by atoms with Crippen molar-refractivity contribution in [2.45, 2.75) is 13.0 Å². The number of hydrogen-bond acceptors (Lipinski definition) is 3. The number of aliphatic hydroxyl groups is 1. The standard InChI is InChI=1S/C14H18BrFN2O2/c1-10(19)9-17-4-6-18(7-5-17)14(20)12-3-2-11(16)8-13(12)15/h2-3,8,10,19H,4-7,9H2,1H3/t10-/m1/s1. The molecule has 0 radical (unpaired) electrons. The molecule has 110 valence electrons. The zero-order valence-electron chi connectivity index (χ0n) is 11.4. The molecule has 1 aromatic carbocycles. The summed E-state index contributed by atoms with van der Waals surface area (Å²) in [6.45, 7) is 5.12. The molecule has 4 nitrogen and oxygen atoms in total. The number of carbonyl (C=O) groups excluding carboxylic acids is 1. The van der Waals surface area contributed by atoms with Crippen LogP contribution in [0.25, 0.3) is 0 Å². The van der Waals surface area contributed by atoms with Crippen molar-refractivity contribution in [3.63, 3.8) is 0 Å². The molecule has 2 rings (SSSR count). The van der Waals surface area contributed by atoms with Gasteiger partial charge in [0, 0.05) is 37.2 Å². The van der Waals surface area contributed by atoms with Crippen LogP contribution in [0.5, 0.6) is 0 Å². The molecule has 1 fully saturated rings. The Labute approximate surface area is 126 Å². The van der Waals surface area contributed by atoms with Gasteiger partial charge >= 0.3 is 0 Å². The molecule has 1 amide bonds. The molecule has 1 atom stereocenters. The first-order chi connectivity index (χ1) is 9.47. The maximum Gasteiger partial charge on any atom is 0.255 e. The van der Waals surface area contributed by atoms with Crippen molar-refractivity contribution in [1.29, 1.82) is 0 Å². The molecule has 1 aliphatic rings. The molecule has 6 heteroatoms. The van der Waals surface area contributed by atoms with Crippen LogP contribution in [0.15, 0.2) is 22.7 Å². The largest absolute Gasteiger partial charge is 0.392 e. The lowest BCUT2D eigenvalue weighted by Crippen LogP contribution is -2.50. The van der Waals surface area contributed by atoms with E-state index in [2.05, 4.69) is 20.8 Å². The average molecular weight is 345 g/mol. The smallest absolute Gasteiger partial charge is 0.255 e. The Morgan fingerprint density at radius 3 is 2.60 bits per heavy atom. The van der Waals surface area contributed by atoms with Gasteiger partial charge in [-0.1, -0.05) is 0 Å². The Morgan fingerprint density at radius 2 is 2.05 bits per heavy atom. The van der Waals surface area contributed by atoms with E-state index >= 15 is 0 Å². The van der Waals surface area contributed by atoms with Gasteiger partial charge in [0.25, 0.3) is 5.91 Å². The fraction of sp³-hybridized carbons (Fsp3) is 0.500. The summed E-state index contributed by atoms with van der Waals surface area (Å²) >= 11 is 3.23. The number of benzene rings is 1. The summed E-state index contributed by atoms with van der Waals surface area (Å²) in [5, 5.41) is 9.36. The SMILES string of the molecule is C[C@@H](O)CN1CCN(C(=O)c2ccc(F)cc2Br)CC1. The second-order valence-corrected chi connectivity index (χ2v) is 5.92. The molecule has 0 spiro atoms. The number of rotatable bonds is 3. The van der Waals surface area contributed by atoms with Crippen LogP contribution in [0.2, 0.25) is 0 Å². The van der Waals surface area contributed by atoms with Crippen molar-refractivity contribution in [2.24, 2.45) is 0 Å². The minimum absolute atomic E-state index is 0.0893. The van der Waals surface area contributed by atoms with Gasteiger partial charge in [-0.2, -0.15) is 0 Å². The zero-order valence-corrected chi connectivity index (χ0v) is 12.9. The quantitative estimate of drug-likeness (QED) is 0.908. The highest BCUT2D eigenvalue weighted by atomic mass is 79.9. The maximum absolute atomic E-state index is 13.0. The summed E-state index contributed by atoms with van der Waals surface area (Å²) < 4.78 is 13.5. The molecule has 0 aromatic heterocycles. The van der Waals surface area contributed by atoms with Crippen LogP contribution in [0.3, 0.4) is 0 Å². The lowest BCUT2D eigenvalue weighted by Gasteiger charge is -2.35. The molecule has 1 aliphatic heterocycles. The molecule has 1 heterocycles. The first kappa shape index (κ1) is 15.4. The van der Waals surface area contributed by atoms with E-state index in [1.54, 1.807) is 11.8 Å². The summed E-state index contributed by atoms with van der Waals surface area (Å²) in [6.07, 6.45) is -0.358. The van der Waals surface area contributed by atoms with Crippen LogP contribution in [0, 0.1) is 5.82 Å². The van der Waals surface area contributed by atoms with Crippen molar-refractivity contribution in [1.82, 2.24) is 9.80 Å². The minimum atomic E-state index is -0.366. The number of carbonyl (C=O) groups is 1. The van der Waals surface area contributed by atoms with E-state index in [-0.39, 0.29) is 17.8 Å². The predicted molar refractivity (Wildman–Crippen MR) is 78.1 cm³/mol. The third kappa shape index (κ3) is 3.77. The molecule has 1 saturated heterocycles. The van der Waals surface area contributed by atoms with Gasteiger partial charge in [-0.3, -0.25) is 9.69 Å². The number of hydrogen-bond donors (Lipinski definition) is 1. The van der Waals surface area contributed by atoms with E-state index in [1.807, 2.05) is 0 Å². The molecular formula is C14H18BrFN2O2. The lowest BCUT2D eigenvalue weighted by molar-refractivity contribution is 0.0553. The Kier molecular flexibility index (Phi) is 5.12. The zero-order chi connectivity index (χ0) is 14.7. The van der Waals surface area contributed by atoms with E-state index < -0.39 is 0 Å². The molecule has 0 aliphatic carbocycles. The number of halogens is 2. The first-order valence-corrected chi connectivity index (χ1v) is 7.41. The molecule has 0 unspecified atom stereocenters. The fourth-order valence-electron chi connectivity index (χ4n) is 2.34. The summed E-state index contributed by atoms with van der Waals surface area (Å²) in [5.41, 5.74) is 0.482. The van der Waals surface area contributed by atoms with Gasteiger partial charge in [0.1, 0.15) is 5.82 Å². The van der Waals surface area contributed by atoms with Crippen LogP contribution in [0.4, 0.5) is 4.39 Å². The van der Waals surface area contributed by atoms with Gasteiger partial charge in [0.05, 0.1) is 11.7 Å². The van der Waals surface area contributed by atoms with Crippen LogP contribution in [-0.4, -0.2) is 59.6 Å². The number of amides is 1. The second kappa shape index (κ2) is 6.65. The van der Waals surface area contributed by atoms with Gasteiger partial charge in [0.15, 0.2) is 0 Å². The molecular weight excluding hydrogens is 327 g/mol. The van der Waals surface area contributed by atoms with Crippen molar-refractivity contribution in [3.05, 3.63) is 34.1 Å². The molecule has 0 bridgehead atoms. The Morgan fingerprint density at radius 1 is 1.40 bits per heavy atom. The highest BCUT2D eigenvalue weighted by Crippen LogP contribution is 2.20. The average Bonchev–Trinajstić information content (AvgIpc) is 2.38. The molecule has 20 heavy (non-hydrogen) atoms. The van der Waals surface area contributed by atoms with Gasteiger partial charge in [-0.25, -0.2) is 4.39 Å². The number of piperazine rings is 1. The monoisotopic (exact) mass is 344 g/mol.